The smallest absolute Gasteiger partial charge is 0.136 e. The first-order chi connectivity index (χ1) is 27.2. The third kappa shape index (κ3) is 5.46. The highest BCUT2D eigenvalue weighted by Gasteiger charge is 2.27. The molecule has 0 bridgehead atoms. The van der Waals surface area contributed by atoms with Crippen molar-refractivity contribution in [3.05, 3.63) is 205 Å². The lowest BCUT2D eigenvalue weighted by Gasteiger charge is -2.33. The minimum absolute atomic E-state index is 0.192. The van der Waals surface area contributed by atoms with Crippen LogP contribution in [0.4, 0.5) is 0 Å². The molecule has 11 rings (SSSR count). The van der Waals surface area contributed by atoms with Crippen molar-refractivity contribution in [2.45, 2.75) is 12.3 Å². The molecule has 1 aromatic heterocycles. The molecule has 1 aliphatic heterocycles. The molecule has 10 aromatic rings. The van der Waals surface area contributed by atoms with Gasteiger partial charge in [0.25, 0.3) is 0 Å². The molecule has 0 radical (unpaired) electrons. The predicted octanol–water partition coefficient (Wildman–Crippen LogP) is 12.7. The fraction of sp³-hybridized carbons (Fsp3) is 0.0392. The summed E-state index contributed by atoms with van der Waals surface area (Å²) in [6, 6.07) is 67.0. The van der Waals surface area contributed by atoms with Crippen LogP contribution in [0.2, 0.25) is 0 Å². The van der Waals surface area contributed by atoms with Gasteiger partial charge in [0.2, 0.25) is 0 Å². The molecule has 0 amide bonds. The van der Waals surface area contributed by atoms with Crippen LogP contribution in [0.1, 0.15) is 29.0 Å². The van der Waals surface area contributed by atoms with Crippen LogP contribution < -0.4 is 10.6 Å². The zero-order valence-electron chi connectivity index (χ0n) is 29.9. The summed E-state index contributed by atoms with van der Waals surface area (Å²) in [5.74, 6) is 0.870. The molecule has 260 valence electrons. The van der Waals surface area contributed by atoms with Crippen LogP contribution in [-0.2, 0) is 0 Å². The first-order valence-electron chi connectivity index (χ1n) is 18.8. The monoisotopic (exact) mass is 705 g/mol. The Hall–Kier alpha value is -7.01. The standard InChI is InChI=1S/C51H35N3O/c1-2-13-34(14-3-1)49-52-50(39-24-22-33-12-5-7-16-36(33)30-39)54-51(53-49)44-28-27-42(40-17-8-9-18-41(40)44)43-19-10-20-46-48(43)45-26-25-38(31-47(45)55-46)37-23-21-32-11-4-6-15-35(32)29-37/h1-31,49,51,53H,(H,52,54). The molecule has 4 heteroatoms. The zero-order chi connectivity index (χ0) is 36.3. The number of hydrogen-bond donors (Lipinski definition) is 2. The molecule has 0 aliphatic carbocycles. The first kappa shape index (κ1) is 31.5. The van der Waals surface area contributed by atoms with Crippen molar-refractivity contribution < 1.29 is 4.42 Å². The van der Waals surface area contributed by atoms with Crippen molar-refractivity contribution in [1.82, 2.24) is 10.6 Å². The van der Waals surface area contributed by atoms with Gasteiger partial charge in [0.05, 0.1) is 0 Å². The van der Waals surface area contributed by atoms with Gasteiger partial charge >= 0.3 is 0 Å². The van der Waals surface area contributed by atoms with E-state index in [4.69, 9.17) is 9.41 Å². The van der Waals surface area contributed by atoms with E-state index in [1.165, 1.54) is 43.4 Å². The summed E-state index contributed by atoms with van der Waals surface area (Å²) in [7, 11) is 0. The Morgan fingerprint density at radius 1 is 0.436 bits per heavy atom. The summed E-state index contributed by atoms with van der Waals surface area (Å²) in [6.07, 6.45) is -0.417. The Balaban J connectivity index is 1.01. The average Bonchev–Trinajstić information content (AvgIpc) is 3.64. The summed E-state index contributed by atoms with van der Waals surface area (Å²) in [5.41, 5.74) is 9.76. The largest absolute Gasteiger partial charge is 0.456 e. The highest BCUT2D eigenvalue weighted by Crippen LogP contribution is 2.42. The number of amidine groups is 1. The molecule has 4 nitrogen and oxygen atoms in total. The maximum Gasteiger partial charge on any atom is 0.136 e. The molecule has 9 aromatic carbocycles. The first-order valence-corrected chi connectivity index (χ1v) is 18.8. The molecular weight excluding hydrogens is 671 g/mol. The van der Waals surface area contributed by atoms with Crippen LogP contribution >= 0.6 is 0 Å². The van der Waals surface area contributed by atoms with Crippen molar-refractivity contribution in [2.24, 2.45) is 4.99 Å². The van der Waals surface area contributed by atoms with E-state index in [1.54, 1.807) is 0 Å². The van der Waals surface area contributed by atoms with E-state index in [0.29, 0.717) is 0 Å². The number of nitrogens with zero attached hydrogens (tertiary/aromatic N) is 1. The summed E-state index contributed by atoms with van der Waals surface area (Å²) in [4.78, 5) is 5.23. The van der Waals surface area contributed by atoms with Gasteiger partial charge in [-0.05, 0) is 96.0 Å². The Bertz CT molecular complexity index is 3120. The number of aliphatic imine (C=N–C) groups is 1. The van der Waals surface area contributed by atoms with Crippen LogP contribution in [0, 0.1) is 0 Å². The molecule has 0 saturated heterocycles. The van der Waals surface area contributed by atoms with Crippen molar-refractivity contribution in [2.75, 3.05) is 0 Å². The quantitative estimate of drug-likeness (QED) is 0.187. The fourth-order valence-electron chi connectivity index (χ4n) is 8.42. The second-order valence-corrected chi connectivity index (χ2v) is 14.4. The second kappa shape index (κ2) is 12.8. The highest BCUT2D eigenvalue weighted by atomic mass is 16.3. The van der Waals surface area contributed by atoms with Gasteiger partial charge in [-0.3, -0.25) is 5.32 Å². The van der Waals surface area contributed by atoms with E-state index < -0.39 is 0 Å². The Morgan fingerprint density at radius 3 is 1.89 bits per heavy atom. The number of nitrogens with one attached hydrogen (secondary N) is 2. The SMILES string of the molecule is c1ccc(C2N=C(c3ccc4ccccc4c3)NC(c3ccc(-c4cccc5oc6cc(-c7ccc8ccccc8c7)ccc6c45)c4ccccc34)N2)cc1. The Labute approximate surface area is 318 Å². The van der Waals surface area contributed by atoms with Gasteiger partial charge in [0.1, 0.15) is 29.3 Å². The lowest BCUT2D eigenvalue weighted by atomic mass is 9.91. The summed E-state index contributed by atoms with van der Waals surface area (Å²) in [5, 5.41) is 17.1. The molecule has 0 spiro atoms. The normalized spacial score (nSPS) is 15.8. The molecule has 55 heavy (non-hydrogen) atoms. The van der Waals surface area contributed by atoms with Crippen LogP contribution in [0.3, 0.4) is 0 Å². The van der Waals surface area contributed by atoms with Crippen LogP contribution in [0.25, 0.3) is 76.5 Å². The van der Waals surface area contributed by atoms with Gasteiger partial charge < -0.3 is 9.73 Å². The minimum atomic E-state index is -0.224. The summed E-state index contributed by atoms with van der Waals surface area (Å²) < 4.78 is 6.60. The fourth-order valence-corrected chi connectivity index (χ4v) is 8.42. The lowest BCUT2D eigenvalue weighted by Crippen LogP contribution is -2.45. The van der Waals surface area contributed by atoms with Crippen molar-refractivity contribution >= 4 is 60.1 Å². The van der Waals surface area contributed by atoms with Gasteiger partial charge in [0.15, 0.2) is 0 Å². The molecule has 2 N–H and O–H groups in total. The van der Waals surface area contributed by atoms with E-state index in [0.717, 1.165) is 55.6 Å². The van der Waals surface area contributed by atoms with E-state index >= 15 is 0 Å². The van der Waals surface area contributed by atoms with Crippen molar-refractivity contribution in [1.29, 1.82) is 0 Å². The van der Waals surface area contributed by atoms with Crippen LogP contribution in [0.5, 0.6) is 0 Å². The van der Waals surface area contributed by atoms with Crippen LogP contribution in [-0.4, -0.2) is 5.84 Å². The number of hydrogen-bond acceptors (Lipinski definition) is 4. The summed E-state index contributed by atoms with van der Waals surface area (Å²) >= 11 is 0. The van der Waals surface area contributed by atoms with Gasteiger partial charge in [-0.15, -0.1) is 0 Å². The molecule has 2 heterocycles. The van der Waals surface area contributed by atoms with E-state index in [1.807, 2.05) is 0 Å². The van der Waals surface area contributed by atoms with Gasteiger partial charge in [-0.25, -0.2) is 4.99 Å². The summed E-state index contributed by atoms with van der Waals surface area (Å²) in [6.45, 7) is 0. The molecular formula is C51H35N3O. The van der Waals surface area contributed by atoms with Crippen molar-refractivity contribution in [3.8, 4) is 22.3 Å². The van der Waals surface area contributed by atoms with Gasteiger partial charge in [-0.2, -0.15) is 0 Å². The number of benzene rings is 9. The average molecular weight is 706 g/mol. The molecule has 0 saturated carbocycles. The van der Waals surface area contributed by atoms with Crippen LogP contribution in [0.15, 0.2) is 197 Å². The maximum absolute atomic E-state index is 6.60. The van der Waals surface area contributed by atoms with Crippen molar-refractivity contribution in [3.63, 3.8) is 0 Å². The number of rotatable bonds is 5. The molecule has 1 aliphatic rings. The topological polar surface area (TPSA) is 49.6 Å². The second-order valence-electron chi connectivity index (χ2n) is 14.4. The zero-order valence-corrected chi connectivity index (χ0v) is 29.9. The number of fused-ring (bicyclic) bond motifs is 6. The van der Waals surface area contributed by atoms with E-state index in [9.17, 15) is 0 Å². The van der Waals surface area contributed by atoms with E-state index in [-0.39, 0.29) is 12.3 Å². The van der Waals surface area contributed by atoms with E-state index in [2.05, 4.69) is 199 Å². The number of furan rings is 1. The minimum Gasteiger partial charge on any atom is -0.456 e. The third-order valence-electron chi connectivity index (χ3n) is 11.1. The molecule has 0 fully saturated rings. The Kier molecular flexibility index (Phi) is 7.35. The third-order valence-corrected chi connectivity index (χ3v) is 11.1. The highest BCUT2D eigenvalue weighted by molar-refractivity contribution is 6.16. The predicted molar refractivity (Wildman–Crippen MR) is 228 cm³/mol. The lowest BCUT2D eigenvalue weighted by molar-refractivity contribution is 0.411. The Morgan fingerprint density at radius 2 is 1.09 bits per heavy atom. The maximum atomic E-state index is 6.60. The van der Waals surface area contributed by atoms with Gasteiger partial charge in [-0.1, -0.05) is 158 Å². The molecule has 2 atom stereocenters. The molecule has 2 unspecified atom stereocenters. The van der Waals surface area contributed by atoms with Gasteiger partial charge in [0, 0.05) is 16.3 Å².